The fourth-order valence-corrected chi connectivity index (χ4v) is 5.68. The molecule has 1 aliphatic rings. The quantitative estimate of drug-likeness (QED) is 0.280. The summed E-state index contributed by atoms with van der Waals surface area (Å²) in [6.07, 6.45) is 1.73. The first kappa shape index (κ1) is 23.0. The van der Waals surface area contributed by atoms with Crippen LogP contribution in [-0.2, 0) is 19.6 Å². The van der Waals surface area contributed by atoms with Crippen LogP contribution in [0.15, 0.2) is 89.3 Å². The summed E-state index contributed by atoms with van der Waals surface area (Å²) in [5.74, 6) is -0.509. The number of carbonyl (C=O) groups excluding carboxylic acids is 1. The van der Waals surface area contributed by atoms with Crippen LogP contribution in [0.1, 0.15) is 35.2 Å². The third-order valence-electron chi connectivity index (χ3n) is 5.72. The zero-order chi connectivity index (χ0) is 23.6. The van der Waals surface area contributed by atoms with Gasteiger partial charge in [-0.1, -0.05) is 77.9 Å². The second kappa shape index (κ2) is 9.33. The van der Waals surface area contributed by atoms with Gasteiger partial charge in [-0.2, -0.15) is 4.31 Å². The molecule has 0 aliphatic carbocycles. The molecular weight excluding hydrogens is 434 g/mol. The third kappa shape index (κ3) is 4.77. The molecule has 0 radical (unpaired) electrons. The Balaban J connectivity index is 1.82. The van der Waals surface area contributed by atoms with Crippen LogP contribution in [0, 0.1) is 13.8 Å². The fraction of sp³-hybridized carbons (Fsp3) is 0.222. The van der Waals surface area contributed by atoms with Crippen molar-refractivity contribution < 1.29 is 17.9 Å². The lowest BCUT2D eigenvalue weighted by Gasteiger charge is -2.09. The maximum Gasteiger partial charge on any atom is 0.335 e. The van der Waals surface area contributed by atoms with Crippen LogP contribution in [0.2, 0.25) is 0 Å². The monoisotopic (exact) mass is 461 g/mol. The molecule has 3 aromatic rings. The van der Waals surface area contributed by atoms with Crippen molar-refractivity contribution in [2.45, 2.75) is 37.8 Å². The molecular formula is C27H27NO4S. The first-order valence-electron chi connectivity index (χ1n) is 10.9. The van der Waals surface area contributed by atoms with Gasteiger partial charge in [-0.25, -0.2) is 13.2 Å². The molecule has 33 heavy (non-hydrogen) atoms. The zero-order valence-electron chi connectivity index (χ0n) is 18.9. The highest BCUT2D eigenvalue weighted by Gasteiger charge is 2.59. The van der Waals surface area contributed by atoms with Crippen LogP contribution in [0.4, 0.5) is 0 Å². The molecule has 0 N–H and O–H groups in total. The molecule has 1 saturated heterocycles. The number of rotatable bonds is 7. The molecule has 1 unspecified atom stereocenters. The summed E-state index contributed by atoms with van der Waals surface area (Å²) < 4.78 is 34.0. The lowest BCUT2D eigenvalue weighted by Crippen LogP contribution is -2.19. The van der Waals surface area contributed by atoms with Crippen molar-refractivity contribution in [2.24, 2.45) is 0 Å². The SMILES string of the molecule is CCOC(=O)/C(=C/c1ccccc1)[C@@H]1[C@@H](c2ccc(C)cc2)N1S(=O)(=O)c1ccc(C)cc1. The minimum atomic E-state index is -3.84. The number of hydrogen-bond donors (Lipinski definition) is 0. The van der Waals surface area contributed by atoms with E-state index in [9.17, 15) is 13.2 Å². The summed E-state index contributed by atoms with van der Waals surface area (Å²) >= 11 is 0. The van der Waals surface area contributed by atoms with Crippen LogP contribution in [0.3, 0.4) is 0 Å². The minimum absolute atomic E-state index is 0.204. The van der Waals surface area contributed by atoms with E-state index in [4.69, 9.17) is 4.74 Å². The second-order valence-corrected chi connectivity index (χ2v) is 10.0. The van der Waals surface area contributed by atoms with Crippen molar-refractivity contribution in [3.05, 3.63) is 107 Å². The van der Waals surface area contributed by atoms with E-state index in [0.29, 0.717) is 5.57 Å². The van der Waals surface area contributed by atoms with Gasteiger partial charge in [0.1, 0.15) is 0 Å². The van der Waals surface area contributed by atoms with Crippen LogP contribution in [-0.4, -0.2) is 31.3 Å². The van der Waals surface area contributed by atoms with E-state index in [2.05, 4.69) is 0 Å². The molecule has 0 aromatic heterocycles. The molecule has 1 aliphatic heterocycles. The standard InChI is InChI=1S/C27H27NO4S/c1-4-32-27(29)24(18-21-8-6-5-7-9-21)26-25(22-14-10-19(2)11-15-22)28(26)33(30,31)23-16-12-20(3)13-17-23/h5-18,25-26H,4H2,1-3H3/b24-18+/t25-,26-,28?/m1/s1. The van der Waals surface area contributed by atoms with Gasteiger partial charge < -0.3 is 4.74 Å². The summed E-state index contributed by atoms with van der Waals surface area (Å²) in [6.45, 7) is 5.84. The molecule has 5 nitrogen and oxygen atoms in total. The summed E-state index contributed by atoms with van der Waals surface area (Å²) in [7, 11) is -3.84. The largest absolute Gasteiger partial charge is 0.463 e. The molecule has 1 heterocycles. The molecule has 3 aromatic carbocycles. The van der Waals surface area contributed by atoms with Gasteiger partial charge in [0.05, 0.1) is 29.2 Å². The molecule has 1 fully saturated rings. The molecule has 170 valence electrons. The number of sulfonamides is 1. The van der Waals surface area contributed by atoms with Gasteiger partial charge in [-0.3, -0.25) is 0 Å². The highest BCUT2D eigenvalue weighted by atomic mass is 32.2. The second-order valence-electron chi connectivity index (χ2n) is 8.18. The maximum absolute atomic E-state index is 13.7. The van der Waals surface area contributed by atoms with Gasteiger partial charge in [-0.05, 0) is 50.1 Å². The van der Waals surface area contributed by atoms with E-state index >= 15 is 0 Å². The lowest BCUT2D eigenvalue weighted by molar-refractivity contribution is -0.138. The molecule has 0 spiro atoms. The van der Waals surface area contributed by atoms with Gasteiger partial charge in [-0.15, -0.1) is 0 Å². The Hall–Kier alpha value is -3.22. The zero-order valence-corrected chi connectivity index (χ0v) is 19.7. The fourth-order valence-electron chi connectivity index (χ4n) is 3.95. The molecule has 0 bridgehead atoms. The van der Waals surface area contributed by atoms with Crippen molar-refractivity contribution in [1.82, 2.24) is 4.31 Å². The Morgan fingerprint density at radius 3 is 2.06 bits per heavy atom. The van der Waals surface area contributed by atoms with Crippen LogP contribution < -0.4 is 0 Å². The Morgan fingerprint density at radius 2 is 1.48 bits per heavy atom. The van der Waals surface area contributed by atoms with E-state index < -0.39 is 28.1 Å². The van der Waals surface area contributed by atoms with Gasteiger partial charge in [0.2, 0.25) is 10.0 Å². The average Bonchev–Trinajstić information content (AvgIpc) is 3.55. The number of ether oxygens (including phenoxy) is 1. The van der Waals surface area contributed by atoms with Crippen molar-refractivity contribution in [3.63, 3.8) is 0 Å². The van der Waals surface area contributed by atoms with E-state index in [1.165, 1.54) is 4.31 Å². The first-order chi connectivity index (χ1) is 15.8. The Labute approximate surface area is 195 Å². The highest BCUT2D eigenvalue weighted by molar-refractivity contribution is 7.89. The number of benzene rings is 3. The Bertz CT molecular complexity index is 1260. The van der Waals surface area contributed by atoms with Crippen molar-refractivity contribution in [1.29, 1.82) is 0 Å². The smallest absolute Gasteiger partial charge is 0.335 e. The van der Waals surface area contributed by atoms with Gasteiger partial charge in [0.25, 0.3) is 0 Å². The number of hydrogen-bond acceptors (Lipinski definition) is 4. The first-order valence-corrected chi connectivity index (χ1v) is 12.4. The molecule has 4 rings (SSSR count). The summed E-state index contributed by atoms with van der Waals surface area (Å²) in [5.41, 5.74) is 4.02. The van der Waals surface area contributed by atoms with Gasteiger partial charge in [0, 0.05) is 0 Å². The predicted octanol–water partition coefficient (Wildman–Crippen LogP) is 5.06. The van der Waals surface area contributed by atoms with Crippen molar-refractivity contribution >= 4 is 22.1 Å². The van der Waals surface area contributed by atoms with Gasteiger partial charge >= 0.3 is 5.97 Å². The number of nitrogens with zero attached hydrogens (tertiary/aromatic N) is 1. The van der Waals surface area contributed by atoms with Crippen molar-refractivity contribution in [3.8, 4) is 0 Å². The van der Waals surface area contributed by atoms with Crippen molar-refractivity contribution in [2.75, 3.05) is 6.61 Å². The molecule has 6 heteroatoms. The number of aryl methyl sites for hydroxylation is 2. The topological polar surface area (TPSA) is 63.5 Å². The van der Waals surface area contributed by atoms with E-state index in [1.54, 1.807) is 37.3 Å². The normalized spacial score (nSPS) is 20.3. The van der Waals surface area contributed by atoms with E-state index in [1.807, 2.05) is 68.4 Å². The molecule has 3 atom stereocenters. The van der Waals surface area contributed by atoms with Gasteiger partial charge in [0.15, 0.2) is 0 Å². The van der Waals surface area contributed by atoms with Crippen LogP contribution >= 0.6 is 0 Å². The summed E-state index contributed by atoms with van der Waals surface area (Å²) in [4.78, 5) is 13.2. The van der Waals surface area contributed by atoms with Crippen LogP contribution in [0.5, 0.6) is 0 Å². The highest BCUT2D eigenvalue weighted by Crippen LogP contribution is 2.51. The maximum atomic E-state index is 13.7. The molecule has 0 saturated carbocycles. The number of esters is 1. The lowest BCUT2D eigenvalue weighted by atomic mass is 10.0. The summed E-state index contributed by atoms with van der Waals surface area (Å²) in [5, 5.41) is 0. The summed E-state index contributed by atoms with van der Waals surface area (Å²) in [6, 6.07) is 22.8. The average molecular weight is 462 g/mol. The minimum Gasteiger partial charge on any atom is -0.463 e. The Kier molecular flexibility index (Phi) is 6.49. The van der Waals surface area contributed by atoms with Crippen LogP contribution in [0.25, 0.3) is 6.08 Å². The van der Waals surface area contributed by atoms with E-state index in [0.717, 1.165) is 22.3 Å². The van der Waals surface area contributed by atoms with E-state index in [-0.39, 0.29) is 11.5 Å². The molecule has 0 amide bonds. The third-order valence-corrected chi connectivity index (χ3v) is 7.60. The predicted molar refractivity (Wildman–Crippen MR) is 129 cm³/mol. The Morgan fingerprint density at radius 1 is 0.909 bits per heavy atom. The number of carbonyl (C=O) groups is 1.